The molecule has 120 valence electrons. The number of nitrogens with one attached hydrogen (secondary N) is 1. The zero-order chi connectivity index (χ0) is 14.6. The van der Waals surface area contributed by atoms with Crippen LogP contribution in [0, 0.1) is 5.92 Å². The molecule has 1 heterocycles. The summed E-state index contributed by atoms with van der Waals surface area (Å²) in [5.74, 6) is 0.816. The monoisotopic (exact) mass is 282 g/mol. The highest BCUT2D eigenvalue weighted by Crippen LogP contribution is 2.13. The molecule has 0 aromatic heterocycles. The number of piperazine rings is 1. The quantitative estimate of drug-likeness (QED) is 0.563. The SMILES string of the molecule is CCCCCCCCCCN1CCNC(C(C)CC)C1. The molecule has 20 heavy (non-hydrogen) atoms. The Bertz CT molecular complexity index is 217. The maximum atomic E-state index is 3.69. The van der Waals surface area contributed by atoms with E-state index in [1.807, 2.05) is 0 Å². The van der Waals surface area contributed by atoms with E-state index in [2.05, 4.69) is 31.0 Å². The molecule has 2 atom stereocenters. The molecule has 0 aromatic carbocycles. The fraction of sp³-hybridized carbons (Fsp3) is 1.00. The van der Waals surface area contributed by atoms with E-state index in [1.165, 1.54) is 84.0 Å². The van der Waals surface area contributed by atoms with Crippen molar-refractivity contribution < 1.29 is 0 Å². The van der Waals surface area contributed by atoms with Gasteiger partial charge in [-0.1, -0.05) is 72.1 Å². The van der Waals surface area contributed by atoms with Crippen molar-refractivity contribution in [2.75, 3.05) is 26.2 Å². The summed E-state index contributed by atoms with van der Waals surface area (Å²) in [5.41, 5.74) is 0. The first-order valence-electron chi connectivity index (χ1n) is 9.23. The summed E-state index contributed by atoms with van der Waals surface area (Å²) >= 11 is 0. The van der Waals surface area contributed by atoms with Crippen molar-refractivity contribution in [2.24, 2.45) is 5.92 Å². The van der Waals surface area contributed by atoms with Gasteiger partial charge >= 0.3 is 0 Å². The van der Waals surface area contributed by atoms with E-state index in [4.69, 9.17) is 0 Å². The summed E-state index contributed by atoms with van der Waals surface area (Å²) in [6.45, 7) is 12.0. The molecule has 2 unspecified atom stereocenters. The molecule has 0 saturated carbocycles. The summed E-state index contributed by atoms with van der Waals surface area (Å²) in [7, 11) is 0. The van der Waals surface area contributed by atoms with E-state index < -0.39 is 0 Å². The lowest BCUT2D eigenvalue weighted by Gasteiger charge is -2.36. The summed E-state index contributed by atoms with van der Waals surface area (Å²) in [6.07, 6.45) is 12.7. The summed E-state index contributed by atoms with van der Waals surface area (Å²) in [6, 6.07) is 0.725. The molecule has 2 nitrogen and oxygen atoms in total. The highest BCUT2D eigenvalue weighted by atomic mass is 15.2. The van der Waals surface area contributed by atoms with Gasteiger partial charge < -0.3 is 10.2 Å². The highest BCUT2D eigenvalue weighted by Gasteiger charge is 2.22. The molecule has 1 fully saturated rings. The molecule has 1 saturated heterocycles. The molecule has 0 bridgehead atoms. The molecule has 1 N–H and O–H groups in total. The molecule has 2 heteroatoms. The average molecular weight is 283 g/mol. The Morgan fingerprint density at radius 2 is 1.65 bits per heavy atom. The third-order valence-corrected chi connectivity index (χ3v) is 4.95. The average Bonchev–Trinajstić information content (AvgIpc) is 2.49. The lowest BCUT2D eigenvalue weighted by molar-refractivity contribution is 0.166. The molecule has 0 spiro atoms. The Balaban J connectivity index is 1.98. The van der Waals surface area contributed by atoms with Crippen LogP contribution in [-0.2, 0) is 0 Å². The van der Waals surface area contributed by atoms with Crippen LogP contribution in [0.5, 0.6) is 0 Å². The minimum atomic E-state index is 0.725. The summed E-state index contributed by atoms with van der Waals surface area (Å²) < 4.78 is 0. The van der Waals surface area contributed by atoms with Crippen LogP contribution in [0.1, 0.15) is 78.6 Å². The smallest absolute Gasteiger partial charge is 0.0221 e. The van der Waals surface area contributed by atoms with Crippen LogP contribution >= 0.6 is 0 Å². The van der Waals surface area contributed by atoms with E-state index in [0.717, 1.165) is 12.0 Å². The van der Waals surface area contributed by atoms with Gasteiger partial charge in [-0.2, -0.15) is 0 Å². The number of hydrogen-bond donors (Lipinski definition) is 1. The largest absolute Gasteiger partial charge is 0.311 e. The summed E-state index contributed by atoms with van der Waals surface area (Å²) in [4.78, 5) is 2.68. The molecule has 1 aliphatic rings. The zero-order valence-electron chi connectivity index (χ0n) is 14.3. The van der Waals surface area contributed by atoms with E-state index in [0.29, 0.717) is 0 Å². The van der Waals surface area contributed by atoms with Gasteiger partial charge in [-0.05, 0) is 18.9 Å². The van der Waals surface area contributed by atoms with Crippen LogP contribution in [0.25, 0.3) is 0 Å². The van der Waals surface area contributed by atoms with Crippen molar-refractivity contribution >= 4 is 0 Å². The van der Waals surface area contributed by atoms with Gasteiger partial charge in [-0.15, -0.1) is 0 Å². The molecule has 0 aromatic rings. The van der Waals surface area contributed by atoms with E-state index in [9.17, 15) is 0 Å². The molecule has 1 aliphatic heterocycles. The standard InChI is InChI=1S/C18H38N2/c1-4-6-7-8-9-10-11-12-14-20-15-13-19-18(16-20)17(3)5-2/h17-19H,4-16H2,1-3H3. The van der Waals surface area contributed by atoms with Crippen molar-refractivity contribution in [3.8, 4) is 0 Å². The maximum absolute atomic E-state index is 3.69. The van der Waals surface area contributed by atoms with Gasteiger partial charge in [0.1, 0.15) is 0 Å². The molecule has 0 radical (unpaired) electrons. The third-order valence-electron chi connectivity index (χ3n) is 4.95. The Labute approximate surface area is 127 Å². The zero-order valence-corrected chi connectivity index (χ0v) is 14.3. The molecular formula is C18H38N2. The lowest BCUT2D eigenvalue weighted by Crippen LogP contribution is -2.53. The second-order valence-corrected chi connectivity index (χ2v) is 6.72. The van der Waals surface area contributed by atoms with Crippen LogP contribution in [0.15, 0.2) is 0 Å². The fourth-order valence-electron chi connectivity index (χ4n) is 3.18. The number of hydrogen-bond acceptors (Lipinski definition) is 2. The first kappa shape index (κ1) is 18.0. The van der Waals surface area contributed by atoms with Gasteiger partial charge in [-0.25, -0.2) is 0 Å². The second kappa shape index (κ2) is 11.6. The van der Waals surface area contributed by atoms with Crippen LogP contribution in [-0.4, -0.2) is 37.1 Å². The molecule has 0 aliphatic carbocycles. The fourth-order valence-corrected chi connectivity index (χ4v) is 3.18. The normalized spacial score (nSPS) is 22.1. The van der Waals surface area contributed by atoms with Crippen molar-refractivity contribution in [3.63, 3.8) is 0 Å². The highest BCUT2D eigenvalue weighted by molar-refractivity contribution is 4.81. The Hall–Kier alpha value is -0.0800. The van der Waals surface area contributed by atoms with Gasteiger partial charge in [0.25, 0.3) is 0 Å². The van der Waals surface area contributed by atoms with E-state index >= 15 is 0 Å². The van der Waals surface area contributed by atoms with E-state index in [-0.39, 0.29) is 0 Å². The van der Waals surface area contributed by atoms with Crippen molar-refractivity contribution in [2.45, 2.75) is 84.6 Å². The Morgan fingerprint density at radius 3 is 2.30 bits per heavy atom. The van der Waals surface area contributed by atoms with Crippen molar-refractivity contribution in [3.05, 3.63) is 0 Å². The molecule has 1 rings (SSSR count). The molecular weight excluding hydrogens is 244 g/mol. The van der Waals surface area contributed by atoms with Gasteiger partial charge in [0, 0.05) is 25.7 Å². The predicted molar refractivity (Wildman–Crippen MR) is 90.3 cm³/mol. The Kier molecular flexibility index (Phi) is 10.4. The second-order valence-electron chi connectivity index (χ2n) is 6.72. The topological polar surface area (TPSA) is 15.3 Å². The van der Waals surface area contributed by atoms with Crippen LogP contribution in [0.2, 0.25) is 0 Å². The lowest BCUT2D eigenvalue weighted by atomic mass is 9.97. The maximum Gasteiger partial charge on any atom is 0.0221 e. The molecule has 0 amide bonds. The van der Waals surface area contributed by atoms with Crippen molar-refractivity contribution in [1.29, 1.82) is 0 Å². The van der Waals surface area contributed by atoms with Gasteiger partial charge in [0.15, 0.2) is 0 Å². The van der Waals surface area contributed by atoms with Crippen molar-refractivity contribution in [1.82, 2.24) is 10.2 Å². The first-order chi connectivity index (χ1) is 9.77. The minimum absolute atomic E-state index is 0.725. The van der Waals surface area contributed by atoms with Gasteiger partial charge in [0.2, 0.25) is 0 Å². The minimum Gasteiger partial charge on any atom is -0.311 e. The van der Waals surface area contributed by atoms with Gasteiger partial charge in [-0.3, -0.25) is 0 Å². The Morgan fingerprint density at radius 1 is 1.00 bits per heavy atom. The van der Waals surface area contributed by atoms with E-state index in [1.54, 1.807) is 0 Å². The summed E-state index contributed by atoms with van der Waals surface area (Å²) in [5, 5.41) is 3.69. The third kappa shape index (κ3) is 7.64. The van der Waals surface area contributed by atoms with Gasteiger partial charge in [0.05, 0.1) is 0 Å². The number of rotatable bonds is 11. The predicted octanol–water partition coefficient (Wildman–Crippen LogP) is 4.45. The van der Waals surface area contributed by atoms with Crippen LogP contribution in [0.4, 0.5) is 0 Å². The first-order valence-corrected chi connectivity index (χ1v) is 9.23. The van der Waals surface area contributed by atoms with Crippen LogP contribution in [0.3, 0.4) is 0 Å². The van der Waals surface area contributed by atoms with Crippen LogP contribution < -0.4 is 5.32 Å². The number of unbranched alkanes of at least 4 members (excludes halogenated alkanes) is 7. The number of nitrogens with zero attached hydrogens (tertiary/aromatic N) is 1.